The molecule has 2 aromatic rings. The second kappa shape index (κ2) is 6.41. The van der Waals surface area contributed by atoms with Gasteiger partial charge in [0.1, 0.15) is 9.10 Å². The topological polar surface area (TPSA) is 93.2 Å². The van der Waals surface area contributed by atoms with Gasteiger partial charge < -0.3 is 0 Å². The Morgan fingerprint density at radius 1 is 1.19 bits per heavy atom. The lowest BCUT2D eigenvalue weighted by molar-refractivity contribution is 0.581. The van der Waals surface area contributed by atoms with Gasteiger partial charge in [-0.1, -0.05) is 0 Å². The highest BCUT2D eigenvalue weighted by Crippen LogP contribution is 2.24. The van der Waals surface area contributed by atoms with Crippen LogP contribution in [0.15, 0.2) is 45.8 Å². The number of hydrogen-bond acceptors (Lipinski definition) is 6. The summed E-state index contributed by atoms with van der Waals surface area (Å²) < 4.78 is 48.6. The summed E-state index contributed by atoms with van der Waals surface area (Å²) in [5.41, 5.74) is 0. The molecule has 0 atom stereocenters. The third-order valence-corrected chi connectivity index (χ3v) is 7.17. The molecule has 0 aromatic carbocycles. The van der Waals surface area contributed by atoms with E-state index in [4.69, 9.17) is 10.7 Å². The maximum absolute atomic E-state index is 11.9. The van der Waals surface area contributed by atoms with Crippen molar-refractivity contribution in [1.82, 2.24) is 9.71 Å². The van der Waals surface area contributed by atoms with Crippen LogP contribution < -0.4 is 4.72 Å². The molecule has 1 N–H and O–H groups in total. The first-order valence-corrected chi connectivity index (χ1v) is 10.3. The van der Waals surface area contributed by atoms with E-state index in [0.717, 1.165) is 16.2 Å². The van der Waals surface area contributed by atoms with E-state index in [1.807, 2.05) is 0 Å². The largest absolute Gasteiger partial charge is 0.270 e. The third kappa shape index (κ3) is 4.48. The van der Waals surface area contributed by atoms with Gasteiger partial charge in [-0.25, -0.2) is 21.6 Å². The maximum Gasteiger partial charge on any atom is 0.270 e. The lowest BCUT2D eigenvalue weighted by Crippen LogP contribution is -2.25. The minimum absolute atomic E-state index is 0.0503. The number of thiophene rings is 1. The predicted octanol–water partition coefficient (Wildman–Crippen LogP) is 1.59. The van der Waals surface area contributed by atoms with Crippen molar-refractivity contribution in [2.24, 2.45) is 0 Å². The molecular formula is C11H11ClN2O4S3. The molecule has 0 spiro atoms. The average Bonchev–Trinajstić information content (AvgIpc) is 2.88. The summed E-state index contributed by atoms with van der Waals surface area (Å²) in [6, 6.07) is 5.99. The molecule has 0 fully saturated rings. The summed E-state index contributed by atoms with van der Waals surface area (Å²) >= 11 is 1.02. The summed E-state index contributed by atoms with van der Waals surface area (Å²) in [5.74, 6) is 0. The lowest BCUT2D eigenvalue weighted by atomic mass is 10.3. The fourth-order valence-corrected chi connectivity index (χ4v) is 4.64. The molecule has 0 bridgehead atoms. The van der Waals surface area contributed by atoms with Crippen LogP contribution in [0.25, 0.3) is 0 Å². The number of aromatic nitrogens is 1. The Hall–Kier alpha value is -1.00. The maximum atomic E-state index is 11.9. The zero-order valence-corrected chi connectivity index (χ0v) is 13.8. The first-order valence-electron chi connectivity index (χ1n) is 5.72. The van der Waals surface area contributed by atoms with Gasteiger partial charge in [0.25, 0.3) is 9.05 Å². The van der Waals surface area contributed by atoms with Crippen molar-refractivity contribution in [3.05, 3.63) is 41.5 Å². The molecule has 6 nitrogen and oxygen atoms in total. The average molecular weight is 367 g/mol. The summed E-state index contributed by atoms with van der Waals surface area (Å²) in [5, 5.41) is 0. The smallest absolute Gasteiger partial charge is 0.263 e. The number of rotatable bonds is 6. The van der Waals surface area contributed by atoms with E-state index in [2.05, 4.69) is 9.71 Å². The lowest BCUT2D eigenvalue weighted by Gasteiger charge is -2.05. The van der Waals surface area contributed by atoms with Crippen LogP contribution in [0.5, 0.6) is 0 Å². The minimum Gasteiger partial charge on any atom is -0.263 e. The van der Waals surface area contributed by atoms with Crippen molar-refractivity contribution in [3.63, 3.8) is 0 Å². The Morgan fingerprint density at radius 2 is 1.95 bits per heavy atom. The first-order chi connectivity index (χ1) is 9.79. The zero-order valence-electron chi connectivity index (χ0n) is 10.6. The Labute approximate surface area is 131 Å². The van der Waals surface area contributed by atoms with Crippen LogP contribution in [0.4, 0.5) is 0 Å². The molecule has 114 valence electrons. The van der Waals surface area contributed by atoms with Crippen LogP contribution >= 0.6 is 22.0 Å². The van der Waals surface area contributed by atoms with E-state index in [0.29, 0.717) is 6.42 Å². The van der Waals surface area contributed by atoms with Crippen LogP contribution in [0.1, 0.15) is 4.88 Å². The van der Waals surface area contributed by atoms with Gasteiger partial charge in [0, 0.05) is 34.5 Å². The van der Waals surface area contributed by atoms with Crippen LogP contribution in [-0.4, -0.2) is 28.4 Å². The molecule has 0 saturated carbocycles. The van der Waals surface area contributed by atoms with Crippen molar-refractivity contribution in [2.45, 2.75) is 15.5 Å². The Morgan fingerprint density at radius 3 is 2.52 bits per heavy atom. The van der Waals surface area contributed by atoms with E-state index in [1.165, 1.54) is 30.6 Å². The highest BCUT2D eigenvalue weighted by Gasteiger charge is 2.15. The van der Waals surface area contributed by atoms with Crippen LogP contribution in [0.3, 0.4) is 0 Å². The summed E-state index contributed by atoms with van der Waals surface area (Å²) in [6.07, 6.45) is 3.11. The first kappa shape index (κ1) is 16.4. The molecule has 2 heterocycles. The predicted molar refractivity (Wildman–Crippen MR) is 80.5 cm³/mol. The van der Waals surface area contributed by atoms with Gasteiger partial charge in [0.15, 0.2) is 0 Å². The summed E-state index contributed by atoms with van der Waals surface area (Å²) in [4.78, 5) is 4.56. The van der Waals surface area contributed by atoms with Crippen LogP contribution in [0.2, 0.25) is 0 Å². The number of hydrogen-bond donors (Lipinski definition) is 1. The number of nitrogens with one attached hydrogen (secondary N) is 1. The summed E-state index contributed by atoms with van der Waals surface area (Å²) in [7, 11) is -2.12. The van der Waals surface area contributed by atoms with Crippen LogP contribution in [-0.2, 0) is 25.5 Å². The highest BCUT2D eigenvalue weighted by molar-refractivity contribution is 8.15. The molecule has 0 aliphatic heterocycles. The molecule has 0 amide bonds. The van der Waals surface area contributed by atoms with Gasteiger partial charge in [0.05, 0.1) is 0 Å². The number of pyridine rings is 1. The van der Waals surface area contributed by atoms with Gasteiger partial charge >= 0.3 is 0 Å². The van der Waals surface area contributed by atoms with Gasteiger partial charge in [-0.15, -0.1) is 11.3 Å². The Kier molecular flexibility index (Phi) is 4.99. The summed E-state index contributed by atoms with van der Waals surface area (Å²) in [6.45, 7) is 0.152. The van der Waals surface area contributed by atoms with E-state index in [-0.39, 0.29) is 15.6 Å². The van der Waals surface area contributed by atoms with E-state index in [9.17, 15) is 16.8 Å². The molecule has 0 aliphatic carbocycles. The molecule has 0 aliphatic rings. The SMILES string of the molecule is O=S(=O)(Cl)c1ccc(CCNS(=O)(=O)c2cccnc2)s1. The fraction of sp³-hybridized carbons (Fsp3) is 0.182. The second-order valence-corrected chi connectivity index (χ2v) is 9.72. The fourth-order valence-electron chi connectivity index (χ4n) is 1.52. The molecular weight excluding hydrogens is 356 g/mol. The number of halogens is 1. The Balaban J connectivity index is 1.97. The molecule has 0 saturated heterocycles. The van der Waals surface area contributed by atoms with Gasteiger partial charge in [-0.2, -0.15) is 0 Å². The van der Waals surface area contributed by atoms with E-state index in [1.54, 1.807) is 6.07 Å². The standard InChI is InChI=1S/C11H11ClN2O4S3/c12-20(15,16)11-4-3-9(19-11)5-7-14-21(17,18)10-2-1-6-13-8-10/h1-4,6,8,14H,5,7H2. The number of nitrogens with zero attached hydrogens (tertiary/aromatic N) is 1. The molecule has 0 unspecified atom stereocenters. The normalized spacial score (nSPS) is 12.4. The quantitative estimate of drug-likeness (QED) is 0.783. The molecule has 10 heteroatoms. The molecule has 21 heavy (non-hydrogen) atoms. The van der Waals surface area contributed by atoms with Crippen molar-refractivity contribution in [3.8, 4) is 0 Å². The van der Waals surface area contributed by atoms with Crippen LogP contribution in [0, 0.1) is 0 Å². The van der Waals surface area contributed by atoms with E-state index >= 15 is 0 Å². The van der Waals surface area contributed by atoms with Crippen molar-refractivity contribution < 1.29 is 16.8 Å². The van der Waals surface area contributed by atoms with E-state index < -0.39 is 19.1 Å². The molecule has 0 radical (unpaired) electrons. The third-order valence-electron chi connectivity index (χ3n) is 2.49. The van der Waals surface area contributed by atoms with Crippen molar-refractivity contribution in [1.29, 1.82) is 0 Å². The minimum atomic E-state index is -3.73. The monoisotopic (exact) mass is 366 g/mol. The van der Waals surface area contributed by atoms with Crippen molar-refractivity contribution >= 4 is 41.1 Å². The van der Waals surface area contributed by atoms with Gasteiger partial charge in [-0.05, 0) is 30.7 Å². The second-order valence-electron chi connectivity index (χ2n) is 4.00. The molecule has 2 rings (SSSR count). The number of sulfonamides is 1. The van der Waals surface area contributed by atoms with Gasteiger partial charge in [-0.3, -0.25) is 4.98 Å². The molecule has 2 aromatic heterocycles. The zero-order chi connectivity index (χ0) is 15.5. The van der Waals surface area contributed by atoms with Crippen molar-refractivity contribution in [2.75, 3.05) is 6.54 Å². The Bertz CT molecular complexity index is 816. The highest BCUT2D eigenvalue weighted by atomic mass is 35.7. The van der Waals surface area contributed by atoms with Gasteiger partial charge in [0.2, 0.25) is 10.0 Å².